The van der Waals surface area contributed by atoms with Crippen molar-refractivity contribution in [3.8, 4) is 0 Å². The Labute approximate surface area is 88.2 Å². The molecule has 0 aromatic heterocycles. The van der Waals surface area contributed by atoms with Crippen LogP contribution in [0.2, 0.25) is 0 Å². The molecule has 1 amide bonds. The van der Waals surface area contributed by atoms with Crippen molar-refractivity contribution in [3.05, 3.63) is 23.8 Å². The minimum Gasteiger partial charge on any atom is -0.478 e. The van der Waals surface area contributed by atoms with Gasteiger partial charge in [0.25, 0.3) is 0 Å². The van der Waals surface area contributed by atoms with Gasteiger partial charge in [-0.25, -0.2) is 4.79 Å². The number of carboxylic acid groups (broad SMARTS) is 1. The molecule has 0 atom stereocenters. The van der Waals surface area contributed by atoms with Crippen LogP contribution in [0.5, 0.6) is 0 Å². The molecule has 5 heteroatoms. The molecule has 0 saturated carbocycles. The van der Waals surface area contributed by atoms with E-state index in [9.17, 15) is 9.59 Å². The zero-order valence-electron chi connectivity index (χ0n) is 8.60. The van der Waals surface area contributed by atoms with Crippen LogP contribution >= 0.6 is 0 Å². The molecule has 0 aliphatic heterocycles. The van der Waals surface area contributed by atoms with Crippen molar-refractivity contribution < 1.29 is 19.4 Å². The molecule has 0 fully saturated rings. The molecule has 0 unspecified atom stereocenters. The van der Waals surface area contributed by atoms with Gasteiger partial charge < -0.3 is 15.6 Å². The van der Waals surface area contributed by atoms with E-state index in [2.05, 4.69) is 0 Å². The fraction of sp³-hybridized carbons (Fsp3) is 0.400. The first-order chi connectivity index (χ1) is 7.07. The highest BCUT2D eigenvalue weighted by Crippen LogP contribution is 1.98. The molecule has 0 spiro atoms. The fourth-order valence-corrected chi connectivity index (χ4v) is 0.825. The highest BCUT2D eigenvalue weighted by Gasteiger charge is 1.99. The van der Waals surface area contributed by atoms with Gasteiger partial charge in [0.05, 0.1) is 12.2 Å². The van der Waals surface area contributed by atoms with Crippen molar-refractivity contribution in [1.29, 1.82) is 0 Å². The Morgan fingerprint density at radius 2 is 2.13 bits per heavy atom. The third kappa shape index (κ3) is 7.45. The Hall–Kier alpha value is -1.62. The van der Waals surface area contributed by atoms with E-state index in [1.807, 2.05) is 0 Å². The van der Waals surface area contributed by atoms with Crippen LogP contribution in [-0.4, -0.2) is 30.2 Å². The molecule has 84 valence electrons. The maximum atomic E-state index is 10.5. The Bertz CT molecular complexity index is 281. The van der Waals surface area contributed by atoms with Crippen molar-refractivity contribution in [2.75, 3.05) is 13.2 Å². The van der Waals surface area contributed by atoms with Crippen molar-refractivity contribution >= 4 is 11.9 Å². The second-order valence-electron chi connectivity index (χ2n) is 2.76. The summed E-state index contributed by atoms with van der Waals surface area (Å²) < 4.78 is 4.88. The summed E-state index contributed by atoms with van der Waals surface area (Å²) in [7, 11) is 0. The van der Waals surface area contributed by atoms with E-state index in [1.54, 1.807) is 13.0 Å². The Morgan fingerprint density at radius 1 is 1.47 bits per heavy atom. The summed E-state index contributed by atoms with van der Waals surface area (Å²) >= 11 is 0. The number of carbonyl (C=O) groups excluding carboxylic acids is 1. The fourth-order valence-electron chi connectivity index (χ4n) is 0.825. The van der Waals surface area contributed by atoms with Gasteiger partial charge in [-0.3, -0.25) is 4.79 Å². The standard InChI is InChI=1S/C10H15NO4/c1-2-8(10(13)14)5-3-4-6-15-7-9(11)12/h2-3,5H,4,6-7H2,1H3,(H2,11,12)(H,13,14)/b5-3-,8-2+. The molecule has 3 N–H and O–H groups in total. The van der Waals surface area contributed by atoms with Gasteiger partial charge in [-0.2, -0.15) is 0 Å². The summed E-state index contributed by atoms with van der Waals surface area (Å²) in [6.07, 6.45) is 5.21. The molecular weight excluding hydrogens is 198 g/mol. The van der Waals surface area contributed by atoms with Gasteiger partial charge in [0.1, 0.15) is 6.61 Å². The third-order valence-electron chi connectivity index (χ3n) is 1.53. The zero-order chi connectivity index (χ0) is 11.7. The number of aliphatic carboxylic acids is 1. The number of carboxylic acids is 1. The lowest BCUT2D eigenvalue weighted by atomic mass is 10.2. The summed E-state index contributed by atoms with van der Waals surface area (Å²) in [5.74, 6) is -1.48. The maximum Gasteiger partial charge on any atom is 0.335 e. The van der Waals surface area contributed by atoms with Crippen molar-refractivity contribution in [2.24, 2.45) is 5.73 Å². The lowest BCUT2D eigenvalue weighted by Gasteiger charge is -1.97. The predicted molar refractivity (Wildman–Crippen MR) is 55.2 cm³/mol. The molecule has 15 heavy (non-hydrogen) atoms. The molecule has 0 aliphatic carbocycles. The first kappa shape index (κ1) is 13.4. The monoisotopic (exact) mass is 213 g/mol. The number of hydrogen-bond acceptors (Lipinski definition) is 3. The Morgan fingerprint density at radius 3 is 2.60 bits per heavy atom. The third-order valence-corrected chi connectivity index (χ3v) is 1.53. The maximum absolute atomic E-state index is 10.5. The Kier molecular flexibility index (Phi) is 6.92. The van der Waals surface area contributed by atoms with E-state index in [0.29, 0.717) is 13.0 Å². The number of rotatable bonds is 7. The van der Waals surface area contributed by atoms with Crippen molar-refractivity contribution in [3.63, 3.8) is 0 Å². The SMILES string of the molecule is C/C=C(\C=C/CCOCC(N)=O)C(=O)O. The molecule has 0 radical (unpaired) electrons. The first-order valence-electron chi connectivity index (χ1n) is 4.50. The van der Waals surface area contributed by atoms with Gasteiger partial charge in [0.2, 0.25) is 5.91 Å². The molecule has 0 heterocycles. The van der Waals surface area contributed by atoms with Gasteiger partial charge in [-0.15, -0.1) is 0 Å². The smallest absolute Gasteiger partial charge is 0.335 e. The van der Waals surface area contributed by atoms with Gasteiger partial charge in [0, 0.05) is 0 Å². The number of hydrogen-bond donors (Lipinski definition) is 2. The average Bonchev–Trinajstić information content (AvgIpc) is 2.15. The minimum atomic E-state index is -0.966. The van der Waals surface area contributed by atoms with Crippen LogP contribution in [0.25, 0.3) is 0 Å². The lowest BCUT2D eigenvalue weighted by molar-refractivity contribution is -0.132. The van der Waals surface area contributed by atoms with Crippen LogP contribution < -0.4 is 5.73 Å². The molecular formula is C10H15NO4. The van der Waals surface area contributed by atoms with Gasteiger partial charge in [0.15, 0.2) is 0 Å². The molecule has 0 rings (SSSR count). The number of carbonyl (C=O) groups is 2. The van der Waals surface area contributed by atoms with Crippen molar-refractivity contribution in [2.45, 2.75) is 13.3 Å². The van der Waals surface area contributed by atoms with Crippen molar-refractivity contribution in [1.82, 2.24) is 0 Å². The molecule has 0 saturated heterocycles. The summed E-state index contributed by atoms with van der Waals surface area (Å²) in [6.45, 7) is 1.89. The summed E-state index contributed by atoms with van der Waals surface area (Å²) in [5.41, 5.74) is 5.07. The normalized spacial score (nSPS) is 11.9. The summed E-state index contributed by atoms with van der Waals surface area (Å²) in [6, 6.07) is 0. The zero-order valence-corrected chi connectivity index (χ0v) is 8.60. The van der Waals surface area contributed by atoms with E-state index in [0.717, 1.165) is 0 Å². The highest BCUT2D eigenvalue weighted by molar-refractivity contribution is 5.89. The quantitative estimate of drug-likeness (QED) is 0.365. The number of allylic oxidation sites excluding steroid dienone is 1. The van der Waals surface area contributed by atoms with E-state index >= 15 is 0 Å². The topological polar surface area (TPSA) is 89.6 Å². The summed E-state index contributed by atoms with van der Waals surface area (Å²) in [5, 5.41) is 8.64. The van der Waals surface area contributed by atoms with Crippen LogP contribution in [0.1, 0.15) is 13.3 Å². The number of amides is 1. The molecule has 0 bridgehead atoms. The van der Waals surface area contributed by atoms with Crippen LogP contribution in [0.4, 0.5) is 0 Å². The highest BCUT2D eigenvalue weighted by atomic mass is 16.5. The Balaban J connectivity index is 3.71. The second kappa shape index (κ2) is 7.75. The van der Waals surface area contributed by atoms with Crippen LogP contribution in [0.3, 0.4) is 0 Å². The summed E-state index contributed by atoms with van der Waals surface area (Å²) in [4.78, 5) is 20.8. The van der Waals surface area contributed by atoms with Crippen LogP contribution in [0, 0.1) is 0 Å². The minimum absolute atomic E-state index is 0.108. The van der Waals surface area contributed by atoms with E-state index in [-0.39, 0.29) is 12.2 Å². The van der Waals surface area contributed by atoms with Gasteiger partial charge in [-0.1, -0.05) is 18.2 Å². The van der Waals surface area contributed by atoms with E-state index in [4.69, 9.17) is 15.6 Å². The molecule has 0 aromatic carbocycles. The predicted octanol–water partition coefficient (Wildman–Crippen LogP) is 0.466. The van der Waals surface area contributed by atoms with Gasteiger partial charge >= 0.3 is 5.97 Å². The largest absolute Gasteiger partial charge is 0.478 e. The second-order valence-corrected chi connectivity index (χ2v) is 2.76. The molecule has 0 aromatic rings. The number of primary amides is 1. The van der Waals surface area contributed by atoms with Crippen LogP contribution in [0.15, 0.2) is 23.8 Å². The van der Waals surface area contributed by atoms with Crippen LogP contribution in [-0.2, 0) is 14.3 Å². The molecule has 5 nitrogen and oxygen atoms in total. The molecule has 0 aliphatic rings. The van der Waals surface area contributed by atoms with E-state index in [1.165, 1.54) is 12.2 Å². The van der Waals surface area contributed by atoms with E-state index < -0.39 is 11.9 Å². The number of ether oxygens (including phenoxy) is 1. The first-order valence-corrected chi connectivity index (χ1v) is 4.50. The number of nitrogens with two attached hydrogens (primary N) is 1. The average molecular weight is 213 g/mol. The van der Waals surface area contributed by atoms with Gasteiger partial charge in [-0.05, 0) is 13.3 Å². The lowest BCUT2D eigenvalue weighted by Crippen LogP contribution is -2.18.